The maximum atomic E-state index is 12.5. The van der Waals surface area contributed by atoms with Crippen molar-refractivity contribution < 1.29 is 27.5 Å². The zero-order valence-corrected chi connectivity index (χ0v) is 12.5. The molecule has 1 amide bonds. The van der Waals surface area contributed by atoms with Crippen LogP contribution in [0.1, 0.15) is 23.4 Å². The highest BCUT2D eigenvalue weighted by molar-refractivity contribution is 7.89. The second kappa shape index (κ2) is 5.49. The summed E-state index contributed by atoms with van der Waals surface area (Å²) in [6.45, 7) is 0.204. The summed E-state index contributed by atoms with van der Waals surface area (Å²) in [6.07, 6.45) is 0.999. The van der Waals surface area contributed by atoms with Crippen molar-refractivity contribution in [2.24, 2.45) is 0 Å². The molecule has 0 aromatic carbocycles. The van der Waals surface area contributed by atoms with Crippen LogP contribution in [-0.2, 0) is 14.8 Å². The minimum absolute atomic E-state index is 0.204. The molecule has 2 heterocycles. The molecule has 1 fully saturated rings. The topological polar surface area (TPSA) is 108 Å². The van der Waals surface area contributed by atoms with Crippen molar-refractivity contribution in [3.05, 3.63) is 17.9 Å². The van der Waals surface area contributed by atoms with Crippen LogP contribution in [0.5, 0.6) is 0 Å². The minimum Gasteiger partial charge on any atom is -0.475 e. The Hall–Kier alpha value is -1.87. The molecule has 1 atom stereocenters. The Bertz CT molecular complexity index is 663. The molecule has 9 heteroatoms. The van der Waals surface area contributed by atoms with Gasteiger partial charge in [0, 0.05) is 20.6 Å². The highest BCUT2D eigenvalue weighted by Crippen LogP contribution is 2.28. The molecule has 0 aliphatic carbocycles. The van der Waals surface area contributed by atoms with Gasteiger partial charge in [0.2, 0.25) is 16.8 Å². The van der Waals surface area contributed by atoms with Crippen molar-refractivity contribution >= 4 is 21.9 Å². The standard InChI is InChI=1S/C12H16N2O6S/c1-13(2)11(15)8-4-3-7-14(8)21(18,19)10-6-5-9(20-10)12(16)17/h5-6,8H,3-4,7H2,1-2H3,(H,16,17). The fraction of sp³-hybridized carbons (Fsp3) is 0.500. The molecule has 116 valence electrons. The van der Waals surface area contributed by atoms with Gasteiger partial charge in [-0.1, -0.05) is 0 Å². The molecule has 1 aromatic heterocycles. The fourth-order valence-electron chi connectivity index (χ4n) is 2.26. The second-order valence-electron chi connectivity index (χ2n) is 4.93. The molecule has 1 unspecified atom stereocenters. The number of rotatable bonds is 4. The monoisotopic (exact) mass is 316 g/mol. The van der Waals surface area contributed by atoms with E-state index in [9.17, 15) is 18.0 Å². The number of aromatic carboxylic acids is 1. The molecule has 1 N–H and O–H groups in total. The molecule has 0 spiro atoms. The van der Waals surface area contributed by atoms with Gasteiger partial charge >= 0.3 is 5.97 Å². The average Bonchev–Trinajstić information content (AvgIpc) is 3.07. The van der Waals surface area contributed by atoms with Crippen LogP contribution in [0, 0.1) is 0 Å². The van der Waals surface area contributed by atoms with E-state index in [1.54, 1.807) is 14.1 Å². The van der Waals surface area contributed by atoms with Crippen LogP contribution in [0.3, 0.4) is 0 Å². The lowest BCUT2D eigenvalue weighted by Gasteiger charge is -2.24. The van der Waals surface area contributed by atoms with Gasteiger partial charge in [-0.05, 0) is 25.0 Å². The minimum atomic E-state index is -4.02. The van der Waals surface area contributed by atoms with E-state index < -0.39 is 32.9 Å². The Morgan fingerprint density at radius 2 is 2.05 bits per heavy atom. The summed E-state index contributed by atoms with van der Waals surface area (Å²) in [4.78, 5) is 24.1. The molecule has 0 saturated carbocycles. The third-order valence-electron chi connectivity index (χ3n) is 3.28. The number of nitrogens with zero attached hydrogens (tertiary/aromatic N) is 2. The van der Waals surface area contributed by atoms with Crippen LogP contribution >= 0.6 is 0 Å². The van der Waals surface area contributed by atoms with Crippen LogP contribution in [0.4, 0.5) is 0 Å². The first-order chi connectivity index (χ1) is 9.75. The number of furan rings is 1. The highest BCUT2D eigenvalue weighted by atomic mass is 32.2. The fourth-order valence-corrected chi connectivity index (χ4v) is 3.83. The molecule has 0 radical (unpaired) electrons. The lowest BCUT2D eigenvalue weighted by Crippen LogP contribution is -2.45. The lowest BCUT2D eigenvalue weighted by molar-refractivity contribution is -0.132. The van der Waals surface area contributed by atoms with Gasteiger partial charge in [-0.15, -0.1) is 0 Å². The number of hydrogen-bond donors (Lipinski definition) is 1. The van der Waals surface area contributed by atoms with Gasteiger partial charge in [-0.25, -0.2) is 13.2 Å². The van der Waals surface area contributed by atoms with Crippen molar-refractivity contribution in [2.75, 3.05) is 20.6 Å². The quantitative estimate of drug-likeness (QED) is 0.851. The van der Waals surface area contributed by atoms with Gasteiger partial charge in [0.1, 0.15) is 6.04 Å². The van der Waals surface area contributed by atoms with E-state index in [-0.39, 0.29) is 12.5 Å². The zero-order chi connectivity index (χ0) is 15.8. The number of hydrogen-bond acceptors (Lipinski definition) is 5. The van der Waals surface area contributed by atoms with E-state index >= 15 is 0 Å². The third kappa shape index (κ3) is 2.79. The van der Waals surface area contributed by atoms with Crippen LogP contribution in [0.15, 0.2) is 21.6 Å². The molecular formula is C12H16N2O6S. The summed E-state index contributed by atoms with van der Waals surface area (Å²) >= 11 is 0. The first-order valence-corrected chi connectivity index (χ1v) is 7.75. The SMILES string of the molecule is CN(C)C(=O)C1CCCN1S(=O)(=O)c1ccc(C(=O)O)o1. The van der Waals surface area contributed by atoms with Gasteiger partial charge in [0.05, 0.1) is 0 Å². The summed E-state index contributed by atoms with van der Waals surface area (Å²) < 4.78 is 30.9. The average molecular weight is 316 g/mol. The van der Waals surface area contributed by atoms with Crippen LogP contribution in [-0.4, -0.2) is 61.3 Å². The van der Waals surface area contributed by atoms with Gasteiger partial charge in [0.25, 0.3) is 10.0 Å². The molecule has 1 aliphatic heterocycles. The first-order valence-electron chi connectivity index (χ1n) is 6.31. The Morgan fingerprint density at radius 3 is 2.57 bits per heavy atom. The van der Waals surface area contributed by atoms with Crippen molar-refractivity contribution in [2.45, 2.75) is 24.0 Å². The van der Waals surface area contributed by atoms with E-state index in [2.05, 4.69) is 0 Å². The van der Waals surface area contributed by atoms with E-state index in [4.69, 9.17) is 9.52 Å². The largest absolute Gasteiger partial charge is 0.475 e. The smallest absolute Gasteiger partial charge is 0.371 e. The van der Waals surface area contributed by atoms with Gasteiger partial charge in [-0.2, -0.15) is 4.31 Å². The Balaban J connectivity index is 2.33. The lowest BCUT2D eigenvalue weighted by atomic mass is 10.2. The highest BCUT2D eigenvalue weighted by Gasteiger charge is 2.41. The summed E-state index contributed by atoms with van der Waals surface area (Å²) in [6, 6.07) is 1.39. The predicted molar refractivity (Wildman–Crippen MR) is 71.3 cm³/mol. The van der Waals surface area contributed by atoms with Gasteiger partial charge in [-0.3, -0.25) is 4.79 Å². The molecule has 0 bridgehead atoms. The maximum absolute atomic E-state index is 12.5. The van der Waals surface area contributed by atoms with Crippen molar-refractivity contribution in [1.82, 2.24) is 9.21 Å². The Kier molecular flexibility index (Phi) is 4.06. The maximum Gasteiger partial charge on any atom is 0.371 e. The third-order valence-corrected chi connectivity index (χ3v) is 5.07. The summed E-state index contributed by atoms with van der Waals surface area (Å²) in [5.41, 5.74) is 0. The number of carboxylic acids is 1. The molecular weight excluding hydrogens is 300 g/mol. The number of amides is 1. The summed E-state index contributed by atoms with van der Waals surface area (Å²) in [5.74, 6) is -2.11. The molecule has 1 aromatic rings. The van der Waals surface area contributed by atoms with Crippen molar-refractivity contribution in [3.8, 4) is 0 Å². The molecule has 8 nitrogen and oxygen atoms in total. The summed E-state index contributed by atoms with van der Waals surface area (Å²) in [7, 11) is -0.910. The number of carboxylic acid groups (broad SMARTS) is 1. The predicted octanol–water partition coefficient (Wildman–Crippen LogP) is 0.219. The number of carbonyl (C=O) groups excluding carboxylic acids is 1. The first kappa shape index (κ1) is 15.5. The molecule has 1 aliphatic rings. The molecule has 1 saturated heterocycles. The van der Waals surface area contributed by atoms with Gasteiger partial charge < -0.3 is 14.4 Å². The number of sulfonamides is 1. The molecule has 21 heavy (non-hydrogen) atoms. The second-order valence-corrected chi connectivity index (χ2v) is 6.75. The number of likely N-dealkylation sites (N-methyl/N-ethyl adjacent to an activating group) is 1. The Morgan fingerprint density at radius 1 is 1.38 bits per heavy atom. The van der Waals surface area contributed by atoms with Crippen LogP contribution in [0.2, 0.25) is 0 Å². The molecule has 2 rings (SSSR count). The van der Waals surface area contributed by atoms with Crippen LogP contribution in [0.25, 0.3) is 0 Å². The van der Waals surface area contributed by atoms with E-state index in [0.29, 0.717) is 12.8 Å². The van der Waals surface area contributed by atoms with E-state index in [1.807, 2.05) is 0 Å². The van der Waals surface area contributed by atoms with Crippen LogP contribution < -0.4 is 0 Å². The van der Waals surface area contributed by atoms with Crippen molar-refractivity contribution in [1.29, 1.82) is 0 Å². The van der Waals surface area contributed by atoms with E-state index in [1.165, 1.54) is 4.90 Å². The van der Waals surface area contributed by atoms with Gasteiger partial charge in [0.15, 0.2) is 0 Å². The zero-order valence-electron chi connectivity index (χ0n) is 11.6. The normalized spacial score (nSPS) is 19.6. The van der Waals surface area contributed by atoms with E-state index in [0.717, 1.165) is 16.4 Å². The number of carbonyl (C=O) groups is 2. The Labute approximate surface area is 122 Å². The summed E-state index contributed by atoms with van der Waals surface area (Å²) in [5, 5.41) is 8.32. The van der Waals surface area contributed by atoms with Crippen molar-refractivity contribution in [3.63, 3.8) is 0 Å².